The zero-order chi connectivity index (χ0) is 19.2. The molecular formula is C22H23N5O. The van der Waals surface area contributed by atoms with E-state index in [1.165, 1.54) is 0 Å². The van der Waals surface area contributed by atoms with Crippen molar-refractivity contribution in [2.24, 2.45) is 0 Å². The Morgan fingerprint density at radius 1 is 0.821 bits per heavy atom. The summed E-state index contributed by atoms with van der Waals surface area (Å²) in [6, 6.07) is 21.8. The fourth-order valence-corrected chi connectivity index (χ4v) is 3.37. The number of benzene rings is 2. The second-order valence-electron chi connectivity index (χ2n) is 6.71. The second kappa shape index (κ2) is 8.52. The van der Waals surface area contributed by atoms with Crippen LogP contribution in [0.2, 0.25) is 0 Å². The summed E-state index contributed by atoms with van der Waals surface area (Å²) in [6.45, 7) is 3.30. The average Bonchev–Trinajstić information content (AvgIpc) is 2.79. The fraction of sp³-hybridized carbons (Fsp3) is 0.227. The van der Waals surface area contributed by atoms with E-state index in [-0.39, 0.29) is 6.03 Å². The predicted octanol–water partition coefficient (Wildman–Crippen LogP) is 3.43. The zero-order valence-electron chi connectivity index (χ0n) is 15.7. The molecule has 0 saturated carbocycles. The molecule has 1 saturated heterocycles. The zero-order valence-corrected chi connectivity index (χ0v) is 15.7. The molecule has 1 aliphatic rings. The lowest BCUT2D eigenvalue weighted by Crippen LogP contribution is -2.53. The van der Waals surface area contributed by atoms with Gasteiger partial charge in [-0.15, -0.1) is 0 Å². The number of carbonyl (C=O) groups is 1. The molecule has 1 aliphatic heterocycles. The van der Waals surface area contributed by atoms with Gasteiger partial charge in [0, 0.05) is 44.3 Å². The minimum absolute atomic E-state index is 0.0312. The van der Waals surface area contributed by atoms with E-state index in [4.69, 9.17) is 0 Å². The highest BCUT2D eigenvalue weighted by Gasteiger charge is 2.27. The molecule has 4 rings (SSSR count). The summed E-state index contributed by atoms with van der Waals surface area (Å²) in [5.41, 5.74) is 2.01. The van der Waals surface area contributed by atoms with Gasteiger partial charge in [-0.25, -0.2) is 14.8 Å². The second-order valence-corrected chi connectivity index (χ2v) is 6.71. The van der Waals surface area contributed by atoms with Crippen LogP contribution in [0.1, 0.15) is 5.56 Å². The van der Waals surface area contributed by atoms with Gasteiger partial charge in [-0.05, 0) is 23.8 Å². The molecule has 0 spiro atoms. The number of anilines is 2. The Morgan fingerprint density at radius 3 is 2.07 bits per heavy atom. The molecule has 6 nitrogen and oxygen atoms in total. The Hall–Kier alpha value is -3.41. The first-order chi connectivity index (χ1) is 13.8. The van der Waals surface area contributed by atoms with E-state index < -0.39 is 0 Å². The van der Waals surface area contributed by atoms with Gasteiger partial charge in [0.1, 0.15) is 0 Å². The first-order valence-corrected chi connectivity index (χ1v) is 9.48. The van der Waals surface area contributed by atoms with Crippen molar-refractivity contribution in [2.75, 3.05) is 36.0 Å². The van der Waals surface area contributed by atoms with Gasteiger partial charge in [0.25, 0.3) is 0 Å². The molecule has 1 aromatic heterocycles. The topological polar surface area (TPSA) is 52.6 Å². The summed E-state index contributed by atoms with van der Waals surface area (Å²) in [4.78, 5) is 27.9. The number of para-hydroxylation sites is 1. The lowest BCUT2D eigenvalue weighted by Gasteiger charge is -2.37. The van der Waals surface area contributed by atoms with E-state index in [1.807, 2.05) is 76.5 Å². The predicted molar refractivity (Wildman–Crippen MR) is 110 cm³/mol. The molecule has 6 heteroatoms. The summed E-state index contributed by atoms with van der Waals surface area (Å²) >= 11 is 0. The van der Waals surface area contributed by atoms with E-state index in [0.29, 0.717) is 19.6 Å². The van der Waals surface area contributed by atoms with E-state index in [2.05, 4.69) is 14.9 Å². The lowest BCUT2D eigenvalue weighted by molar-refractivity contribution is 0.200. The molecule has 142 valence electrons. The normalized spacial score (nSPS) is 14.0. The molecular weight excluding hydrogens is 350 g/mol. The van der Waals surface area contributed by atoms with Crippen LogP contribution in [0, 0.1) is 0 Å². The molecule has 0 radical (unpaired) electrons. The standard InChI is InChI=1S/C22H23N5O/c28-22(26-16-14-25(15-17-26)21-23-12-7-13-24-21)27(20-10-5-2-6-11-20)18-19-8-3-1-4-9-19/h1-13H,14-18H2. The third-order valence-corrected chi connectivity index (χ3v) is 4.87. The average molecular weight is 373 g/mol. The van der Waals surface area contributed by atoms with Gasteiger partial charge >= 0.3 is 6.03 Å². The highest BCUT2D eigenvalue weighted by Crippen LogP contribution is 2.20. The number of amides is 2. The quantitative estimate of drug-likeness (QED) is 0.703. The van der Waals surface area contributed by atoms with Gasteiger partial charge < -0.3 is 9.80 Å². The summed E-state index contributed by atoms with van der Waals surface area (Å²) in [6.07, 6.45) is 3.49. The molecule has 2 amide bonds. The van der Waals surface area contributed by atoms with Crippen LogP contribution in [0.5, 0.6) is 0 Å². The van der Waals surface area contributed by atoms with E-state index in [9.17, 15) is 4.79 Å². The monoisotopic (exact) mass is 373 g/mol. The Morgan fingerprint density at radius 2 is 1.43 bits per heavy atom. The van der Waals surface area contributed by atoms with Crippen molar-refractivity contribution in [3.8, 4) is 0 Å². The van der Waals surface area contributed by atoms with Crippen LogP contribution in [0.4, 0.5) is 16.4 Å². The maximum Gasteiger partial charge on any atom is 0.324 e. The molecule has 0 unspecified atom stereocenters. The number of urea groups is 1. The number of piperazine rings is 1. The van der Waals surface area contributed by atoms with Gasteiger partial charge in [-0.2, -0.15) is 0 Å². The van der Waals surface area contributed by atoms with Crippen molar-refractivity contribution in [3.05, 3.63) is 84.7 Å². The number of carbonyl (C=O) groups excluding carboxylic acids is 1. The van der Waals surface area contributed by atoms with Crippen LogP contribution < -0.4 is 9.80 Å². The third kappa shape index (κ3) is 4.11. The van der Waals surface area contributed by atoms with Gasteiger partial charge in [0.05, 0.1) is 6.54 Å². The van der Waals surface area contributed by atoms with Crippen LogP contribution in [-0.2, 0) is 6.54 Å². The summed E-state index contributed by atoms with van der Waals surface area (Å²) < 4.78 is 0. The number of hydrogen-bond acceptors (Lipinski definition) is 4. The first kappa shape index (κ1) is 18.0. The number of nitrogens with zero attached hydrogens (tertiary/aromatic N) is 5. The van der Waals surface area contributed by atoms with Crippen molar-refractivity contribution in [3.63, 3.8) is 0 Å². The molecule has 0 bridgehead atoms. The Kier molecular flexibility index (Phi) is 5.47. The van der Waals surface area contributed by atoms with Crippen LogP contribution in [0.15, 0.2) is 79.1 Å². The Balaban J connectivity index is 1.48. The summed E-state index contributed by atoms with van der Waals surface area (Å²) in [7, 11) is 0. The smallest absolute Gasteiger partial charge is 0.324 e. The Labute approximate surface area is 165 Å². The van der Waals surface area contributed by atoms with Crippen molar-refractivity contribution < 1.29 is 4.79 Å². The molecule has 0 N–H and O–H groups in total. The molecule has 0 aliphatic carbocycles. The van der Waals surface area contributed by atoms with Crippen molar-refractivity contribution in [2.45, 2.75) is 6.54 Å². The van der Waals surface area contributed by atoms with Crippen LogP contribution in [-0.4, -0.2) is 47.1 Å². The minimum atomic E-state index is 0.0312. The van der Waals surface area contributed by atoms with E-state index in [0.717, 1.165) is 30.3 Å². The van der Waals surface area contributed by atoms with Crippen LogP contribution in [0.3, 0.4) is 0 Å². The van der Waals surface area contributed by atoms with Gasteiger partial charge in [0.2, 0.25) is 5.95 Å². The first-order valence-electron chi connectivity index (χ1n) is 9.48. The third-order valence-electron chi connectivity index (χ3n) is 4.87. The number of hydrogen-bond donors (Lipinski definition) is 0. The maximum absolute atomic E-state index is 13.3. The molecule has 28 heavy (non-hydrogen) atoms. The minimum Gasteiger partial charge on any atom is -0.337 e. The van der Waals surface area contributed by atoms with Crippen molar-refractivity contribution in [1.82, 2.24) is 14.9 Å². The van der Waals surface area contributed by atoms with Gasteiger partial charge in [0.15, 0.2) is 0 Å². The van der Waals surface area contributed by atoms with Gasteiger partial charge in [-0.3, -0.25) is 4.90 Å². The molecule has 2 heterocycles. The lowest BCUT2D eigenvalue weighted by atomic mass is 10.2. The van der Waals surface area contributed by atoms with Crippen LogP contribution in [0.25, 0.3) is 0 Å². The van der Waals surface area contributed by atoms with E-state index in [1.54, 1.807) is 12.4 Å². The molecule has 0 atom stereocenters. The highest BCUT2D eigenvalue weighted by atomic mass is 16.2. The SMILES string of the molecule is O=C(N1CCN(c2ncccn2)CC1)N(Cc1ccccc1)c1ccccc1. The highest BCUT2D eigenvalue weighted by molar-refractivity contribution is 5.92. The number of aromatic nitrogens is 2. The van der Waals surface area contributed by atoms with Gasteiger partial charge in [-0.1, -0.05) is 48.5 Å². The van der Waals surface area contributed by atoms with Crippen molar-refractivity contribution in [1.29, 1.82) is 0 Å². The largest absolute Gasteiger partial charge is 0.337 e. The van der Waals surface area contributed by atoms with Crippen molar-refractivity contribution >= 4 is 17.7 Å². The number of rotatable bonds is 4. The van der Waals surface area contributed by atoms with Crippen LogP contribution >= 0.6 is 0 Å². The van der Waals surface area contributed by atoms with E-state index >= 15 is 0 Å². The molecule has 1 fully saturated rings. The maximum atomic E-state index is 13.3. The Bertz CT molecular complexity index is 881. The summed E-state index contributed by atoms with van der Waals surface area (Å²) in [5.74, 6) is 0.721. The fourth-order valence-electron chi connectivity index (χ4n) is 3.37. The molecule has 3 aromatic rings. The molecule has 2 aromatic carbocycles. The summed E-state index contributed by atoms with van der Waals surface area (Å²) in [5, 5.41) is 0.